The van der Waals surface area contributed by atoms with E-state index in [1.54, 1.807) is 0 Å². The number of carbonyl (C=O) groups excluding carboxylic acids is 1. The topological polar surface area (TPSA) is 157 Å². The molecule has 0 saturated carbocycles. The summed E-state index contributed by atoms with van der Waals surface area (Å²) in [5, 5.41) is 10.3. The minimum absolute atomic E-state index is 0.0481. The number of carboxylic acids is 1. The van der Waals surface area contributed by atoms with E-state index in [1.165, 1.54) is 0 Å². The number of nitrogens with two attached hydrogens (primary N) is 4. The van der Waals surface area contributed by atoms with Gasteiger partial charge in [0.2, 0.25) is 0 Å². The van der Waals surface area contributed by atoms with Crippen LogP contribution < -0.4 is 28.0 Å². The summed E-state index contributed by atoms with van der Waals surface area (Å²) in [5.41, 5.74) is 18.6. The maximum Gasteiger partial charge on any atom is 0.185 e. The number of carboxylic acid groups (broad SMARTS) is 1. The first-order valence-corrected chi connectivity index (χ1v) is 3.71. The highest BCUT2D eigenvalue weighted by molar-refractivity contribution is 5.76. The van der Waals surface area contributed by atoms with Crippen molar-refractivity contribution in [2.24, 2.45) is 27.9 Å². The van der Waals surface area contributed by atoms with Crippen LogP contribution in [0.1, 0.15) is 12.8 Å². The average Bonchev–Trinajstić information content (AvgIpc) is 1.97. The Morgan fingerprint density at radius 1 is 1.38 bits per heavy atom. The van der Waals surface area contributed by atoms with Gasteiger partial charge in [0.25, 0.3) is 0 Å². The minimum atomic E-state index is -1.81. The van der Waals surface area contributed by atoms with Crippen LogP contribution in [-0.2, 0) is 4.79 Å². The Kier molecular flexibility index (Phi) is 4.15. The van der Waals surface area contributed by atoms with E-state index < -0.39 is 11.6 Å². The standard InChI is InChI=1S/C6H15N5O2/c7-5(8)11-3-1-2-6(9,10)4(12)13/h1-3,9-10H2,(H,12,13)(H4,7,8,11)/p-1. The maximum atomic E-state index is 10.3. The van der Waals surface area contributed by atoms with Crippen molar-refractivity contribution in [2.75, 3.05) is 6.54 Å². The van der Waals surface area contributed by atoms with E-state index in [9.17, 15) is 9.90 Å². The fourth-order valence-electron chi connectivity index (χ4n) is 0.682. The van der Waals surface area contributed by atoms with Crippen molar-refractivity contribution in [3.63, 3.8) is 0 Å². The van der Waals surface area contributed by atoms with Gasteiger partial charge in [0.1, 0.15) is 5.66 Å². The van der Waals surface area contributed by atoms with Crippen LogP contribution in [-0.4, -0.2) is 24.1 Å². The summed E-state index contributed by atoms with van der Waals surface area (Å²) in [4.78, 5) is 13.9. The first-order chi connectivity index (χ1) is 5.86. The first kappa shape index (κ1) is 11.7. The second kappa shape index (κ2) is 4.63. The van der Waals surface area contributed by atoms with Crippen molar-refractivity contribution in [3.8, 4) is 0 Å². The van der Waals surface area contributed by atoms with Crippen molar-refractivity contribution < 1.29 is 9.90 Å². The van der Waals surface area contributed by atoms with Gasteiger partial charge in [-0.1, -0.05) is 0 Å². The lowest BCUT2D eigenvalue weighted by Gasteiger charge is -2.24. The number of guanidine groups is 1. The van der Waals surface area contributed by atoms with Crippen molar-refractivity contribution in [2.45, 2.75) is 18.5 Å². The van der Waals surface area contributed by atoms with Gasteiger partial charge in [-0.05, 0) is 12.8 Å². The monoisotopic (exact) mass is 188 g/mol. The van der Waals surface area contributed by atoms with E-state index in [0.717, 1.165) is 0 Å². The van der Waals surface area contributed by atoms with E-state index in [4.69, 9.17) is 22.9 Å². The fraction of sp³-hybridized carbons (Fsp3) is 0.667. The minimum Gasteiger partial charge on any atom is -0.547 e. The largest absolute Gasteiger partial charge is 0.547 e. The third kappa shape index (κ3) is 4.99. The molecule has 0 aliphatic heterocycles. The van der Waals surface area contributed by atoms with Crippen molar-refractivity contribution in [3.05, 3.63) is 0 Å². The van der Waals surface area contributed by atoms with Crippen LogP contribution in [0.2, 0.25) is 0 Å². The lowest BCUT2D eigenvalue weighted by atomic mass is 10.1. The summed E-state index contributed by atoms with van der Waals surface area (Å²) in [6.07, 6.45) is 0.449. The fourth-order valence-corrected chi connectivity index (χ4v) is 0.682. The summed E-state index contributed by atoms with van der Waals surface area (Å²) in [6.45, 7) is 0.297. The summed E-state index contributed by atoms with van der Waals surface area (Å²) in [5.74, 6) is -1.54. The van der Waals surface area contributed by atoms with Crippen molar-refractivity contribution in [1.82, 2.24) is 0 Å². The molecule has 13 heavy (non-hydrogen) atoms. The van der Waals surface area contributed by atoms with Crippen LogP contribution in [0.4, 0.5) is 0 Å². The Hall–Kier alpha value is -1.34. The van der Waals surface area contributed by atoms with Crippen LogP contribution in [0, 0.1) is 0 Å². The molecule has 7 heteroatoms. The molecule has 0 bridgehead atoms. The molecular weight excluding hydrogens is 174 g/mol. The Labute approximate surface area is 75.8 Å². The molecule has 0 rings (SSSR count). The molecule has 0 saturated heterocycles. The Morgan fingerprint density at radius 2 is 1.92 bits per heavy atom. The number of aliphatic carboxylic acids is 1. The Morgan fingerprint density at radius 3 is 2.31 bits per heavy atom. The van der Waals surface area contributed by atoms with Gasteiger partial charge >= 0.3 is 0 Å². The van der Waals surface area contributed by atoms with E-state index in [-0.39, 0.29) is 12.4 Å². The summed E-state index contributed by atoms with van der Waals surface area (Å²) < 4.78 is 0. The van der Waals surface area contributed by atoms with Crippen LogP contribution >= 0.6 is 0 Å². The third-order valence-electron chi connectivity index (χ3n) is 1.42. The smallest absolute Gasteiger partial charge is 0.185 e. The summed E-state index contributed by atoms with van der Waals surface area (Å²) in [6, 6.07) is 0. The van der Waals surface area contributed by atoms with Gasteiger partial charge < -0.3 is 32.8 Å². The second-order valence-electron chi connectivity index (χ2n) is 2.74. The molecule has 0 aromatic carbocycles. The quantitative estimate of drug-likeness (QED) is 0.151. The molecule has 0 heterocycles. The summed E-state index contributed by atoms with van der Waals surface area (Å²) >= 11 is 0. The van der Waals surface area contributed by atoms with Gasteiger partial charge in [-0.2, -0.15) is 0 Å². The number of aliphatic imine (C=N–C) groups is 1. The van der Waals surface area contributed by atoms with Gasteiger partial charge in [0.15, 0.2) is 5.96 Å². The molecule has 0 spiro atoms. The molecule has 0 fully saturated rings. The maximum absolute atomic E-state index is 10.3. The molecule has 0 unspecified atom stereocenters. The van der Waals surface area contributed by atoms with E-state index in [1.807, 2.05) is 0 Å². The first-order valence-electron chi connectivity index (χ1n) is 3.71. The van der Waals surface area contributed by atoms with Crippen molar-refractivity contribution in [1.29, 1.82) is 0 Å². The molecule has 0 aromatic heterocycles. The van der Waals surface area contributed by atoms with Crippen LogP contribution in [0.5, 0.6) is 0 Å². The summed E-state index contributed by atoms with van der Waals surface area (Å²) in [7, 11) is 0. The van der Waals surface area contributed by atoms with Gasteiger partial charge in [0.05, 0.1) is 5.97 Å². The molecule has 76 valence electrons. The number of hydrogen-bond donors (Lipinski definition) is 4. The van der Waals surface area contributed by atoms with E-state index in [2.05, 4.69) is 4.99 Å². The normalized spacial score (nSPS) is 10.9. The van der Waals surface area contributed by atoms with E-state index in [0.29, 0.717) is 13.0 Å². The third-order valence-corrected chi connectivity index (χ3v) is 1.42. The van der Waals surface area contributed by atoms with E-state index >= 15 is 0 Å². The highest BCUT2D eigenvalue weighted by atomic mass is 16.4. The van der Waals surface area contributed by atoms with Crippen molar-refractivity contribution >= 4 is 11.9 Å². The predicted molar refractivity (Wildman–Crippen MR) is 46.0 cm³/mol. The number of hydrogen-bond acceptors (Lipinski definition) is 5. The number of nitrogens with zero attached hydrogens (tertiary/aromatic N) is 1. The van der Waals surface area contributed by atoms with Crippen LogP contribution in [0.3, 0.4) is 0 Å². The van der Waals surface area contributed by atoms with Crippen LogP contribution in [0.25, 0.3) is 0 Å². The second-order valence-corrected chi connectivity index (χ2v) is 2.74. The highest BCUT2D eigenvalue weighted by Crippen LogP contribution is 2.01. The molecule has 0 aliphatic carbocycles. The number of rotatable bonds is 5. The lowest BCUT2D eigenvalue weighted by molar-refractivity contribution is -0.313. The van der Waals surface area contributed by atoms with Gasteiger partial charge in [-0.3, -0.25) is 4.99 Å². The average molecular weight is 188 g/mol. The predicted octanol–water partition coefficient (Wildman–Crippen LogP) is -3.60. The molecule has 7 nitrogen and oxygen atoms in total. The van der Waals surface area contributed by atoms with Gasteiger partial charge in [-0.25, -0.2) is 0 Å². The zero-order chi connectivity index (χ0) is 10.5. The number of carbonyl (C=O) groups is 1. The Balaban J connectivity index is 3.77. The molecule has 0 amide bonds. The Bertz CT molecular complexity index is 209. The van der Waals surface area contributed by atoms with Gasteiger partial charge in [0, 0.05) is 6.54 Å². The molecule has 8 N–H and O–H groups in total. The van der Waals surface area contributed by atoms with Gasteiger partial charge in [-0.15, -0.1) is 0 Å². The molecule has 0 aromatic rings. The SMILES string of the molecule is NC(N)=NCCCC(N)(N)C(=O)[O-]. The zero-order valence-corrected chi connectivity index (χ0v) is 7.19. The zero-order valence-electron chi connectivity index (χ0n) is 7.19. The molecule has 0 aliphatic rings. The lowest BCUT2D eigenvalue weighted by Crippen LogP contribution is -2.62. The van der Waals surface area contributed by atoms with Crippen LogP contribution in [0.15, 0.2) is 4.99 Å². The molecule has 0 atom stereocenters. The molecule has 0 radical (unpaired) electrons. The highest BCUT2D eigenvalue weighted by Gasteiger charge is 2.19. The molecular formula is C6H14N5O2-.